The molecule has 0 aromatic carbocycles. The van der Waals surface area contributed by atoms with Crippen LogP contribution in [0.5, 0.6) is 0 Å². The van der Waals surface area contributed by atoms with Crippen molar-refractivity contribution in [2.45, 2.75) is 148 Å². The van der Waals surface area contributed by atoms with Gasteiger partial charge in [0, 0.05) is 19.4 Å². The van der Waals surface area contributed by atoms with Crippen LogP contribution >= 0.6 is 7.82 Å². The summed E-state index contributed by atoms with van der Waals surface area (Å²) in [5.41, 5.74) is 5.34. The number of hydrogen-bond acceptors (Lipinski definition) is 9. The van der Waals surface area contributed by atoms with Crippen molar-refractivity contribution in [1.82, 2.24) is 0 Å². The highest BCUT2D eigenvalue weighted by molar-refractivity contribution is 7.47. The van der Waals surface area contributed by atoms with Crippen molar-refractivity contribution in [2.24, 2.45) is 5.73 Å². The molecule has 0 aliphatic carbocycles. The van der Waals surface area contributed by atoms with Crippen molar-refractivity contribution in [3.05, 3.63) is 122 Å². The van der Waals surface area contributed by atoms with Crippen LogP contribution in [0.25, 0.3) is 0 Å². The molecule has 0 aromatic rings. The van der Waals surface area contributed by atoms with Crippen LogP contribution in [-0.4, -0.2) is 61.5 Å². The van der Waals surface area contributed by atoms with Crippen molar-refractivity contribution < 1.29 is 42.3 Å². The average molecular weight is 854 g/mol. The van der Waals surface area contributed by atoms with Gasteiger partial charge in [-0.05, 0) is 89.9 Å². The lowest BCUT2D eigenvalue weighted by Gasteiger charge is -2.19. The standard InChI is InChI=1S/C49H76NO9P/c1-3-5-7-8-9-10-11-12-13-14-15-16-17-18-23-26-29-32-36-40-49(52)58-45(44-57-60(53,54)56-42-41-50)43-55-48(51)39-35-31-28-25-22-20-19-21-24-27-30-34-38-47-46(59-47)37-33-6-4-2/h6,9-10,12-13,15-16,18,20-24,28-34,45-47H,3-5,7-8,11,14,17,19,25-27,35-44,50H2,1-2H3,(H,53,54)/b10-9-,13-12-,16-15-,22-20-,23-18-,24-21-,31-28-,32-29-,33-6-,34-30-/t45-,46?,47?/m1/s1. The van der Waals surface area contributed by atoms with Gasteiger partial charge in [0.05, 0.1) is 25.4 Å². The fourth-order valence-electron chi connectivity index (χ4n) is 5.39. The molecule has 0 amide bonds. The molecule has 0 radical (unpaired) electrons. The van der Waals surface area contributed by atoms with Crippen molar-refractivity contribution >= 4 is 19.8 Å². The van der Waals surface area contributed by atoms with Crippen molar-refractivity contribution in [3.8, 4) is 0 Å². The number of rotatable bonds is 38. The number of carbonyl (C=O) groups excluding carboxylic acids is 2. The highest BCUT2D eigenvalue weighted by atomic mass is 31.2. The largest absolute Gasteiger partial charge is 0.472 e. The first-order chi connectivity index (χ1) is 29.3. The number of carbonyl (C=O) groups is 2. The minimum Gasteiger partial charge on any atom is -0.462 e. The molecule has 336 valence electrons. The summed E-state index contributed by atoms with van der Waals surface area (Å²) in [6, 6.07) is 0. The lowest BCUT2D eigenvalue weighted by atomic mass is 10.1. The Labute approximate surface area is 362 Å². The summed E-state index contributed by atoms with van der Waals surface area (Å²) in [6.45, 7) is 3.37. The minimum atomic E-state index is -4.43. The number of hydrogen-bond donors (Lipinski definition) is 2. The molecule has 11 heteroatoms. The maximum Gasteiger partial charge on any atom is 0.472 e. The van der Waals surface area contributed by atoms with Crippen LogP contribution in [0.3, 0.4) is 0 Å². The molecule has 1 heterocycles. The van der Waals surface area contributed by atoms with Gasteiger partial charge in [-0.25, -0.2) is 4.57 Å². The monoisotopic (exact) mass is 854 g/mol. The van der Waals surface area contributed by atoms with E-state index in [4.69, 9.17) is 29.0 Å². The maximum atomic E-state index is 12.6. The molecule has 0 saturated carbocycles. The Morgan fingerprint density at radius 3 is 1.53 bits per heavy atom. The van der Waals surface area contributed by atoms with Crippen LogP contribution in [0.2, 0.25) is 0 Å². The topological polar surface area (TPSA) is 147 Å². The zero-order valence-corrected chi connectivity index (χ0v) is 37.5. The molecule has 1 aliphatic heterocycles. The SMILES string of the molecule is CC/C=C\CC1OC1C/C=C\C/C=C\C/C=C\C/C=C\CCC(=O)OC[C@H](COP(=O)(O)OCCN)OC(=O)CC/C=C\C/C=C\C/C=C\C/C=C\C/C=C\CCCCC. The van der Waals surface area contributed by atoms with Gasteiger partial charge in [-0.15, -0.1) is 0 Å². The van der Waals surface area contributed by atoms with Crippen LogP contribution in [0.4, 0.5) is 0 Å². The molecule has 60 heavy (non-hydrogen) atoms. The Bertz CT molecular complexity index is 1460. The molecule has 1 saturated heterocycles. The molecule has 4 atom stereocenters. The molecule has 0 bridgehead atoms. The number of phosphoric ester groups is 1. The highest BCUT2D eigenvalue weighted by Crippen LogP contribution is 2.43. The number of epoxide rings is 1. The predicted molar refractivity (Wildman–Crippen MR) is 246 cm³/mol. The van der Waals surface area contributed by atoms with Crippen LogP contribution < -0.4 is 5.73 Å². The minimum absolute atomic E-state index is 0.0235. The predicted octanol–water partition coefficient (Wildman–Crippen LogP) is 11.9. The molecule has 10 nitrogen and oxygen atoms in total. The van der Waals surface area contributed by atoms with Crippen LogP contribution in [0.1, 0.15) is 129 Å². The van der Waals surface area contributed by atoms with E-state index in [-0.39, 0.29) is 32.6 Å². The molecule has 0 aromatic heterocycles. The smallest absolute Gasteiger partial charge is 0.462 e. The van der Waals surface area contributed by atoms with E-state index in [1.165, 1.54) is 25.7 Å². The van der Waals surface area contributed by atoms with E-state index in [1.54, 1.807) is 0 Å². The lowest BCUT2D eigenvalue weighted by molar-refractivity contribution is -0.161. The van der Waals surface area contributed by atoms with Gasteiger partial charge in [0.25, 0.3) is 0 Å². The Hall–Kier alpha value is -3.63. The molecule has 1 fully saturated rings. The number of phosphoric acid groups is 1. The van der Waals surface area contributed by atoms with Gasteiger partial charge in [-0.2, -0.15) is 0 Å². The summed E-state index contributed by atoms with van der Waals surface area (Å²) in [5, 5.41) is 0. The zero-order chi connectivity index (χ0) is 43.6. The van der Waals surface area contributed by atoms with Gasteiger partial charge < -0.3 is 24.8 Å². The third kappa shape index (κ3) is 36.2. The number of nitrogens with two attached hydrogens (primary N) is 1. The molecular weight excluding hydrogens is 778 g/mol. The van der Waals surface area contributed by atoms with E-state index >= 15 is 0 Å². The Morgan fingerprint density at radius 1 is 0.600 bits per heavy atom. The van der Waals surface area contributed by atoms with Crippen LogP contribution in [0.15, 0.2) is 122 Å². The van der Waals surface area contributed by atoms with Gasteiger partial charge in [0.15, 0.2) is 6.10 Å². The molecular formula is C49H76NO9P. The van der Waals surface area contributed by atoms with Crippen LogP contribution in [0, 0.1) is 0 Å². The lowest BCUT2D eigenvalue weighted by Crippen LogP contribution is -2.29. The highest BCUT2D eigenvalue weighted by Gasteiger charge is 2.36. The third-order valence-corrected chi connectivity index (χ3v) is 9.74. The number of unbranched alkanes of at least 4 members (excludes halogenated alkanes) is 3. The van der Waals surface area contributed by atoms with E-state index in [0.717, 1.165) is 64.2 Å². The molecule has 1 rings (SSSR count). The zero-order valence-electron chi connectivity index (χ0n) is 36.6. The van der Waals surface area contributed by atoms with Gasteiger partial charge in [0.2, 0.25) is 0 Å². The van der Waals surface area contributed by atoms with E-state index in [0.29, 0.717) is 25.0 Å². The van der Waals surface area contributed by atoms with Gasteiger partial charge in [-0.3, -0.25) is 18.6 Å². The van der Waals surface area contributed by atoms with Crippen molar-refractivity contribution in [2.75, 3.05) is 26.4 Å². The summed E-state index contributed by atoms with van der Waals surface area (Å²) in [6.07, 6.45) is 57.3. The summed E-state index contributed by atoms with van der Waals surface area (Å²) in [7, 11) is -4.43. The van der Waals surface area contributed by atoms with E-state index < -0.39 is 32.5 Å². The average Bonchev–Trinajstić information content (AvgIpc) is 3.99. The molecule has 3 N–H and O–H groups in total. The first kappa shape index (κ1) is 54.4. The first-order valence-electron chi connectivity index (χ1n) is 22.1. The van der Waals surface area contributed by atoms with Gasteiger partial charge >= 0.3 is 19.8 Å². The quantitative estimate of drug-likeness (QED) is 0.0202. The van der Waals surface area contributed by atoms with Crippen LogP contribution in [-0.2, 0) is 37.4 Å². The first-order valence-corrected chi connectivity index (χ1v) is 23.6. The fraction of sp³-hybridized carbons (Fsp3) is 0.551. The Morgan fingerprint density at radius 2 is 1.05 bits per heavy atom. The summed E-state index contributed by atoms with van der Waals surface area (Å²) in [5.74, 6) is -1.04. The summed E-state index contributed by atoms with van der Waals surface area (Å²) >= 11 is 0. The van der Waals surface area contributed by atoms with Gasteiger partial charge in [-0.1, -0.05) is 148 Å². The number of allylic oxidation sites excluding steroid dienone is 18. The molecule has 0 spiro atoms. The van der Waals surface area contributed by atoms with Crippen molar-refractivity contribution in [3.63, 3.8) is 0 Å². The summed E-state index contributed by atoms with van der Waals surface area (Å²) in [4.78, 5) is 34.8. The third-order valence-electron chi connectivity index (χ3n) is 8.76. The fourth-order valence-corrected chi connectivity index (χ4v) is 6.15. The number of ether oxygens (including phenoxy) is 3. The Kier molecular flexibility index (Phi) is 35.8. The summed E-state index contributed by atoms with van der Waals surface area (Å²) < 4.78 is 38.3. The van der Waals surface area contributed by atoms with Gasteiger partial charge in [0.1, 0.15) is 6.61 Å². The van der Waals surface area contributed by atoms with Crippen molar-refractivity contribution in [1.29, 1.82) is 0 Å². The normalized spacial score (nSPS) is 17.8. The second-order valence-electron chi connectivity index (χ2n) is 14.2. The maximum absolute atomic E-state index is 12.6. The van der Waals surface area contributed by atoms with E-state index in [2.05, 4.69) is 111 Å². The second-order valence-corrected chi connectivity index (χ2v) is 15.7. The molecule has 1 aliphatic rings. The second kappa shape index (κ2) is 39.5. The van der Waals surface area contributed by atoms with E-state index in [9.17, 15) is 19.0 Å². The van der Waals surface area contributed by atoms with E-state index in [1.807, 2.05) is 24.3 Å². The molecule has 3 unspecified atom stereocenters. The number of esters is 2. The Balaban J connectivity index is 2.29.